The van der Waals surface area contributed by atoms with Crippen molar-refractivity contribution in [1.82, 2.24) is 0 Å². The lowest BCUT2D eigenvalue weighted by Gasteiger charge is -2.18. The van der Waals surface area contributed by atoms with E-state index in [2.05, 4.69) is 52.1 Å². The second-order valence-electron chi connectivity index (χ2n) is 5.11. The molecule has 1 aromatic carbocycles. The van der Waals surface area contributed by atoms with Crippen LogP contribution in [-0.4, -0.2) is 0 Å². The summed E-state index contributed by atoms with van der Waals surface area (Å²) in [4.78, 5) is 0. The molecule has 0 aliphatic rings. The first kappa shape index (κ1) is 11.8. The van der Waals surface area contributed by atoms with Gasteiger partial charge in [0.1, 0.15) is 0 Å². The Labute approximate surface area is 93.3 Å². The summed E-state index contributed by atoms with van der Waals surface area (Å²) in [5, 5.41) is 0. The van der Waals surface area contributed by atoms with Crippen LogP contribution in [0.5, 0.6) is 0 Å². The predicted molar refractivity (Wildman–Crippen MR) is 69.8 cm³/mol. The highest BCUT2D eigenvalue weighted by Gasteiger charge is 2.11. The minimum Gasteiger partial charge on any atom is -0.0984 e. The van der Waals surface area contributed by atoms with Gasteiger partial charge in [-0.15, -0.1) is 0 Å². The van der Waals surface area contributed by atoms with Crippen molar-refractivity contribution in [3.8, 4) is 0 Å². The fourth-order valence-corrected chi connectivity index (χ4v) is 1.71. The summed E-state index contributed by atoms with van der Waals surface area (Å²) in [6, 6.07) is 6.50. The van der Waals surface area contributed by atoms with Crippen LogP contribution in [0.2, 0.25) is 0 Å². The van der Waals surface area contributed by atoms with Crippen molar-refractivity contribution >= 4 is 12.2 Å². The Morgan fingerprint density at radius 1 is 1.07 bits per heavy atom. The minimum absolute atomic E-state index is 0.328. The van der Waals surface area contributed by atoms with Crippen molar-refractivity contribution in [2.75, 3.05) is 0 Å². The van der Waals surface area contributed by atoms with Crippen LogP contribution in [0.4, 0.5) is 0 Å². The first-order valence-electron chi connectivity index (χ1n) is 5.34. The van der Waals surface area contributed by atoms with Gasteiger partial charge in [0.05, 0.1) is 0 Å². The minimum atomic E-state index is 0.328. The molecule has 0 aliphatic carbocycles. The second kappa shape index (κ2) is 4.48. The third-order valence-corrected chi connectivity index (χ3v) is 2.33. The SMILES string of the molecule is C=Cc1ccc(CC(C)(C)C)cc1C=C. The Hall–Kier alpha value is -1.30. The van der Waals surface area contributed by atoms with Crippen molar-refractivity contribution in [2.45, 2.75) is 27.2 Å². The first-order valence-corrected chi connectivity index (χ1v) is 5.34. The molecule has 0 spiro atoms. The predicted octanol–water partition coefficient (Wildman–Crippen LogP) is 4.56. The van der Waals surface area contributed by atoms with E-state index in [0.717, 1.165) is 12.0 Å². The molecule has 0 N–H and O–H groups in total. The van der Waals surface area contributed by atoms with Crippen molar-refractivity contribution < 1.29 is 0 Å². The van der Waals surface area contributed by atoms with E-state index < -0.39 is 0 Å². The fraction of sp³-hybridized carbons (Fsp3) is 0.333. The molecule has 0 radical (unpaired) electrons. The summed E-state index contributed by atoms with van der Waals surface area (Å²) in [6.07, 6.45) is 4.85. The van der Waals surface area contributed by atoms with Gasteiger partial charge in [-0.1, -0.05) is 64.3 Å². The van der Waals surface area contributed by atoms with Crippen LogP contribution in [-0.2, 0) is 6.42 Å². The van der Waals surface area contributed by atoms with Gasteiger partial charge in [0.2, 0.25) is 0 Å². The molecule has 15 heavy (non-hydrogen) atoms. The molecular weight excluding hydrogens is 180 g/mol. The van der Waals surface area contributed by atoms with Crippen molar-refractivity contribution in [2.24, 2.45) is 5.41 Å². The van der Waals surface area contributed by atoms with Crippen LogP contribution in [0, 0.1) is 5.41 Å². The van der Waals surface area contributed by atoms with Gasteiger partial charge in [-0.3, -0.25) is 0 Å². The normalized spacial score (nSPS) is 11.1. The smallest absolute Gasteiger partial charge is 0.0187 e. The molecule has 0 fully saturated rings. The maximum Gasteiger partial charge on any atom is -0.0187 e. The summed E-state index contributed by atoms with van der Waals surface area (Å²) in [5.74, 6) is 0. The van der Waals surface area contributed by atoms with E-state index >= 15 is 0 Å². The van der Waals surface area contributed by atoms with Crippen LogP contribution in [0.15, 0.2) is 31.4 Å². The van der Waals surface area contributed by atoms with Crippen LogP contribution in [0.25, 0.3) is 12.2 Å². The van der Waals surface area contributed by atoms with Crippen LogP contribution >= 0.6 is 0 Å². The van der Waals surface area contributed by atoms with Gasteiger partial charge in [0, 0.05) is 0 Å². The summed E-state index contributed by atoms with van der Waals surface area (Å²) >= 11 is 0. The van der Waals surface area contributed by atoms with Crippen molar-refractivity contribution in [3.05, 3.63) is 48.0 Å². The summed E-state index contributed by atoms with van der Waals surface area (Å²) in [5.41, 5.74) is 4.02. The van der Waals surface area contributed by atoms with E-state index in [9.17, 15) is 0 Å². The van der Waals surface area contributed by atoms with Gasteiger partial charge in [0.15, 0.2) is 0 Å². The van der Waals surface area contributed by atoms with E-state index in [1.54, 1.807) is 0 Å². The largest absolute Gasteiger partial charge is 0.0984 e. The lowest BCUT2D eigenvalue weighted by molar-refractivity contribution is 0.411. The lowest BCUT2D eigenvalue weighted by atomic mass is 9.87. The first-order chi connectivity index (χ1) is 6.96. The second-order valence-corrected chi connectivity index (χ2v) is 5.11. The van der Waals surface area contributed by atoms with Gasteiger partial charge in [-0.25, -0.2) is 0 Å². The summed E-state index contributed by atoms with van der Waals surface area (Å²) in [7, 11) is 0. The topological polar surface area (TPSA) is 0 Å². The number of hydrogen-bond acceptors (Lipinski definition) is 0. The van der Waals surface area contributed by atoms with Gasteiger partial charge < -0.3 is 0 Å². The molecule has 0 amide bonds. The average molecular weight is 200 g/mol. The Morgan fingerprint density at radius 3 is 2.13 bits per heavy atom. The average Bonchev–Trinajstić information content (AvgIpc) is 2.15. The highest BCUT2D eigenvalue weighted by Crippen LogP contribution is 2.23. The quantitative estimate of drug-likeness (QED) is 0.671. The molecule has 0 unspecified atom stereocenters. The van der Waals surface area contributed by atoms with E-state index in [-0.39, 0.29) is 0 Å². The van der Waals surface area contributed by atoms with Crippen molar-refractivity contribution in [3.63, 3.8) is 0 Å². The van der Waals surface area contributed by atoms with E-state index in [1.165, 1.54) is 11.1 Å². The zero-order chi connectivity index (χ0) is 11.5. The Bertz CT molecular complexity index is 364. The standard InChI is InChI=1S/C15H20/c1-6-13-9-8-12(10-14(13)7-2)11-15(3,4)5/h6-10H,1-2,11H2,3-5H3. The van der Waals surface area contributed by atoms with E-state index in [1.807, 2.05) is 12.2 Å². The zero-order valence-electron chi connectivity index (χ0n) is 10.0. The molecule has 1 aromatic rings. The molecule has 0 atom stereocenters. The highest BCUT2D eigenvalue weighted by atomic mass is 14.2. The summed E-state index contributed by atoms with van der Waals surface area (Å²) < 4.78 is 0. The van der Waals surface area contributed by atoms with Gasteiger partial charge in [-0.2, -0.15) is 0 Å². The molecule has 0 nitrogen and oxygen atoms in total. The fourth-order valence-electron chi connectivity index (χ4n) is 1.71. The molecule has 0 saturated heterocycles. The Balaban J connectivity index is 3.03. The molecular formula is C15H20. The zero-order valence-corrected chi connectivity index (χ0v) is 10.0. The van der Waals surface area contributed by atoms with Gasteiger partial charge in [0.25, 0.3) is 0 Å². The number of rotatable bonds is 3. The molecule has 0 heterocycles. The van der Waals surface area contributed by atoms with Crippen LogP contribution in [0.1, 0.15) is 37.5 Å². The molecule has 80 valence electrons. The third kappa shape index (κ3) is 3.39. The van der Waals surface area contributed by atoms with Gasteiger partial charge >= 0.3 is 0 Å². The van der Waals surface area contributed by atoms with Crippen molar-refractivity contribution in [1.29, 1.82) is 0 Å². The maximum absolute atomic E-state index is 3.83. The molecule has 0 aromatic heterocycles. The Kier molecular flexibility index (Phi) is 3.52. The molecule has 1 rings (SSSR count). The molecule has 0 aliphatic heterocycles. The number of hydrogen-bond donors (Lipinski definition) is 0. The summed E-state index contributed by atoms with van der Waals surface area (Å²) in [6.45, 7) is 14.4. The third-order valence-electron chi connectivity index (χ3n) is 2.33. The van der Waals surface area contributed by atoms with Gasteiger partial charge in [-0.05, 0) is 28.5 Å². The molecule has 0 heteroatoms. The van der Waals surface area contributed by atoms with Crippen LogP contribution < -0.4 is 0 Å². The number of benzene rings is 1. The highest BCUT2D eigenvalue weighted by molar-refractivity contribution is 5.64. The Morgan fingerprint density at radius 2 is 1.67 bits per heavy atom. The van der Waals surface area contributed by atoms with E-state index in [4.69, 9.17) is 0 Å². The monoisotopic (exact) mass is 200 g/mol. The lowest BCUT2D eigenvalue weighted by Crippen LogP contribution is -2.09. The molecule has 0 bridgehead atoms. The maximum atomic E-state index is 3.83. The van der Waals surface area contributed by atoms with Crippen LogP contribution in [0.3, 0.4) is 0 Å². The van der Waals surface area contributed by atoms with E-state index in [0.29, 0.717) is 5.41 Å². The molecule has 0 saturated carbocycles.